The second kappa shape index (κ2) is 6.43. The van der Waals surface area contributed by atoms with Crippen LogP contribution in [0.4, 0.5) is 5.69 Å². The molecule has 5 heteroatoms. The van der Waals surface area contributed by atoms with Gasteiger partial charge in [-0.1, -0.05) is 6.07 Å². The molecular formula is C14H22N2O3. The molecule has 0 saturated carbocycles. The second-order valence-corrected chi connectivity index (χ2v) is 4.79. The predicted octanol–water partition coefficient (Wildman–Crippen LogP) is 1.55. The van der Waals surface area contributed by atoms with Crippen LogP contribution in [0.2, 0.25) is 0 Å². The molecule has 1 aromatic rings. The van der Waals surface area contributed by atoms with Crippen molar-refractivity contribution in [3.8, 4) is 5.75 Å². The molecule has 1 rings (SSSR count). The quantitative estimate of drug-likeness (QED) is 0.817. The molecule has 0 heterocycles. The van der Waals surface area contributed by atoms with E-state index in [0.29, 0.717) is 13.0 Å². The molecule has 106 valence electrons. The highest BCUT2D eigenvalue weighted by atomic mass is 16.5. The molecule has 0 fully saturated rings. The van der Waals surface area contributed by atoms with E-state index in [-0.39, 0.29) is 0 Å². The minimum Gasteiger partial charge on any atom is -0.495 e. The number of carboxylic acids is 1. The fourth-order valence-corrected chi connectivity index (χ4v) is 2.13. The van der Waals surface area contributed by atoms with E-state index >= 15 is 0 Å². The lowest BCUT2D eigenvalue weighted by molar-refractivity contribution is -0.138. The van der Waals surface area contributed by atoms with Crippen molar-refractivity contribution in [2.45, 2.75) is 26.3 Å². The molecule has 0 aliphatic heterocycles. The maximum Gasteiger partial charge on any atom is 0.320 e. The Morgan fingerprint density at radius 1 is 1.47 bits per heavy atom. The molecule has 0 saturated heterocycles. The number of carbonyl (C=O) groups is 1. The van der Waals surface area contributed by atoms with Gasteiger partial charge in [0.2, 0.25) is 0 Å². The number of rotatable bonds is 6. The first kappa shape index (κ1) is 15.3. The first-order valence-corrected chi connectivity index (χ1v) is 6.21. The van der Waals surface area contributed by atoms with Crippen LogP contribution in [0.1, 0.15) is 17.5 Å². The van der Waals surface area contributed by atoms with Crippen LogP contribution in [-0.4, -0.2) is 37.8 Å². The van der Waals surface area contributed by atoms with Crippen LogP contribution in [0.15, 0.2) is 12.1 Å². The molecule has 3 N–H and O–H groups in total. The van der Waals surface area contributed by atoms with Gasteiger partial charge in [-0.2, -0.15) is 0 Å². The number of methoxy groups -OCH3 is 1. The summed E-state index contributed by atoms with van der Waals surface area (Å²) in [5.41, 5.74) is 8.73. The molecule has 1 aromatic carbocycles. The fraction of sp³-hybridized carbons (Fsp3) is 0.500. The summed E-state index contributed by atoms with van der Waals surface area (Å²) in [6, 6.07) is 3.21. The summed E-state index contributed by atoms with van der Waals surface area (Å²) < 4.78 is 5.39. The highest BCUT2D eigenvalue weighted by molar-refractivity contribution is 5.73. The van der Waals surface area contributed by atoms with E-state index in [9.17, 15) is 4.79 Å². The highest BCUT2D eigenvalue weighted by Crippen LogP contribution is 2.32. The molecule has 0 bridgehead atoms. The molecular weight excluding hydrogens is 244 g/mol. The number of anilines is 1. The van der Waals surface area contributed by atoms with E-state index in [0.717, 1.165) is 22.6 Å². The lowest BCUT2D eigenvalue weighted by Gasteiger charge is -2.25. The van der Waals surface area contributed by atoms with Crippen molar-refractivity contribution in [1.29, 1.82) is 0 Å². The third-order valence-corrected chi connectivity index (χ3v) is 3.10. The topological polar surface area (TPSA) is 75.8 Å². The van der Waals surface area contributed by atoms with Gasteiger partial charge in [-0.05, 0) is 37.5 Å². The van der Waals surface area contributed by atoms with Gasteiger partial charge in [-0.15, -0.1) is 0 Å². The smallest absolute Gasteiger partial charge is 0.320 e. The van der Waals surface area contributed by atoms with E-state index in [4.69, 9.17) is 15.6 Å². The summed E-state index contributed by atoms with van der Waals surface area (Å²) in [7, 11) is 3.54. The number of carboxylic acid groups (broad SMARTS) is 1. The van der Waals surface area contributed by atoms with E-state index in [1.165, 1.54) is 0 Å². The third kappa shape index (κ3) is 3.86. The van der Waals surface area contributed by atoms with Crippen LogP contribution in [0.3, 0.4) is 0 Å². The Hall–Kier alpha value is -1.75. The van der Waals surface area contributed by atoms with Gasteiger partial charge in [-0.3, -0.25) is 4.79 Å². The summed E-state index contributed by atoms with van der Waals surface area (Å²) in [5.74, 6) is -0.176. The van der Waals surface area contributed by atoms with Gasteiger partial charge < -0.3 is 20.5 Å². The van der Waals surface area contributed by atoms with E-state index in [2.05, 4.69) is 6.07 Å². The highest BCUT2D eigenvalue weighted by Gasteiger charge is 2.16. The molecule has 0 spiro atoms. The van der Waals surface area contributed by atoms with E-state index in [1.54, 1.807) is 7.11 Å². The summed E-state index contributed by atoms with van der Waals surface area (Å²) in [6.45, 7) is 4.59. The van der Waals surface area contributed by atoms with E-state index in [1.807, 2.05) is 31.9 Å². The van der Waals surface area contributed by atoms with Crippen molar-refractivity contribution in [2.24, 2.45) is 5.73 Å². The van der Waals surface area contributed by atoms with Crippen molar-refractivity contribution in [3.63, 3.8) is 0 Å². The van der Waals surface area contributed by atoms with Crippen LogP contribution >= 0.6 is 0 Å². The number of hydrogen-bond donors (Lipinski definition) is 2. The van der Waals surface area contributed by atoms with Gasteiger partial charge in [0.15, 0.2) is 0 Å². The maximum atomic E-state index is 10.7. The molecule has 19 heavy (non-hydrogen) atoms. The van der Waals surface area contributed by atoms with Crippen LogP contribution in [0.25, 0.3) is 0 Å². The number of nitrogens with zero attached hydrogens (tertiary/aromatic N) is 1. The lowest BCUT2D eigenvalue weighted by atomic mass is 10.1. The molecule has 0 amide bonds. The minimum atomic E-state index is -0.971. The largest absolute Gasteiger partial charge is 0.495 e. The number of aliphatic carboxylic acids is 1. The van der Waals surface area contributed by atoms with E-state index < -0.39 is 12.0 Å². The van der Waals surface area contributed by atoms with Crippen molar-refractivity contribution >= 4 is 11.7 Å². The number of benzene rings is 1. The van der Waals surface area contributed by atoms with Gasteiger partial charge in [0.25, 0.3) is 0 Å². The van der Waals surface area contributed by atoms with Crippen molar-refractivity contribution in [2.75, 3.05) is 25.6 Å². The molecule has 1 unspecified atom stereocenters. The average Bonchev–Trinajstić information content (AvgIpc) is 2.34. The Labute approximate surface area is 114 Å². The molecule has 1 atom stereocenters. The first-order chi connectivity index (χ1) is 8.86. The standard InChI is InChI=1S/C14H22N2O3/c1-9-7-10(2)13(12(8-9)19-4)16(3)6-5-11(15)14(17)18/h7-8,11H,5-6,15H2,1-4H3,(H,17,18). The summed E-state index contributed by atoms with van der Waals surface area (Å²) in [6.07, 6.45) is 0.391. The van der Waals surface area contributed by atoms with Crippen molar-refractivity contribution < 1.29 is 14.6 Å². The van der Waals surface area contributed by atoms with Crippen LogP contribution in [-0.2, 0) is 4.79 Å². The number of ether oxygens (including phenoxy) is 1. The summed E-state index contributed by atoms with van der Waals surface area (Å²) in [5, 5.41) is 8.79. The van der Waals surface area contributed by atoms with Crippen LogP contribution in [0, 0.1) is 13.8 Å². The average molecular weight is 266 g/mol. The van der Waals surface area contributed by atoms with Gasteiger partial charge in [-0.25, -0.2) is 0 Å². The Morgan fingerprint density at radius 3 is 2.63 bits per heavy atom. The predicted molar refractivity (Wildman–Crippen MR) is 76.0 cm³/mol. The van der Waals surface area contributed by atoms with Crippen LogP contribution < -0.4 is 15.4 Å². The number of aryl methyl sites for hydroxylation is 2. The molecule has 0 aromatic heterocycles. The monoisotopic (exact) mass is 266 g/mol. The van der Waals surface area contributed by atoms with Gasteiger partial charge >= 0.3 is 5.97 Å². The zero-order chi connectivity index (χ0) is 14.6. The normalized spacial score (nSPS) is 12.1. The Balaban J connectivity index is 2.87. The second-order valence-electron chi connectivity index (χ2n) is 4.79. The summed E-state index contributed by atoms with van der Waals surface area (Å²) >= 11 is 0. The number of hydrogen-bond acceptors (Lipinski definition) is 4. The molecule has 0 aliphatic carbocycles. The fourth-order valence-electron chi connectivity index (χ4n) is 2.13. The maximum absolute atomic E-state index is 10.7. The van der Waals surface area contributed by atoms with Gasteiger partial charge in [0.1, 0.15) is 11.8 Å². The van der Waals surface area contributed by atoms with Crippen LogP contribution in [0.5, 0.6) is 5.75 Å². The Morgan fingerprint density at radius 2 is 2.11 bits per heavy atom. The zero-order valence-corrected chi connectivity index (χ0v) is 11.9. The minimum absolute atomic E-state index is 0.391. The third-order valence-electron chi connectivity index (χ3n) is 3.10. The summed E-state index contributed by atoms with van der Waals surface area (Å²) in [4.78, 5) is 12.7. The van der Waals surface area contributed by atoms with Crippen molar-refractivity contribution in [1.82, 2.24) is 0 Å². The van der Waals surface area contributed by atoms with Gasteiger partial charge in [0.05, 0.1) is 12.8 Å². The lowest BCUT2D eigenvalue weighted by Crippen LogP contribution is -2.34. The van der Waals surface area contributed by atoms with Gasteiger partial charge in [0, 0.05) is 13.6 Å². The molecule has 0 aliphatic rings. The molecule has 5 nitrogen and oxygen atoms in total. The SMILES string of the molecule is COc1cc(C)cc(C)c1N(C)CCC(N)C(=O)O. The first-order valence-electron chi connectivity index (χ1n) is 6.21. The Kier molecular flexibility index (Phi) is 5.18. The van der Waals surface area contributed by atoms with Crippen molar-refractivity contribution in [3.05, 3.63) is 23.3 Å². The Bertz CT molecular complexity index is 460. The zero-order valence-electron chi connectivity index (χ0n) is 11.9. The number of nitrogens with two attached hydrogens (primary N) is 1. The molecule has 0 radical (unpaired) electrons.